The fourth-order valence-electron chi connectivity index (χ4n) is 18.7. The van der Waals surface area contributed by atoms with Crippen LogP contribution in [0.25, 0.3) is 0 Å². The molecule has 0 bridgehead atoms. The second-order valence-corrected chi connectivity index (χ2v) is 34.1. The zero-order valence-corrected chi connectivity index (χ0v) is 72.8. The number of nitrogens with zero attached hydrogens (tertiary/aromatic N) is 2. The Morgan fingerprint density at radius 1 is 0.439 bits per heavy atom. The molecule has 9 aliphatic rings. The van der Waals surface area contributed by atoms with Crippen molar-refractivity contribution in [2.45, 2.75) is 227 Å². The standard InChI is InChI=1S/C32H39N3O11.C32H36N2O13.C27H29NO11/c1-4-5-9-21(37)35-34-20(13-36)32(43)11-16-24(19(12-32)46-22-10-17(33)27(38)14(2)45-22)31(42)26-25(29(16)40)28(39)15-7-6-8-18(44-3)23(15)30(26)41;1-13-9-22(46-14(2)27(13)39)47-18-11-32(44,19(12-35)33-34-20(36)7-8-21(37)38)10-16-24(18)31(43)26-25(29(16)41)28(40)15-5-4-6-17(45-3)23(15)30(26)42;1-10-22(31)13(28)6-17(38-10)39-15-8-27(36,16(30)9-29)7-12-19(15)26(35)21-20(24(12)33)23(32)11-4-3-5-14(37-2)18(11)25(21)34/h6-8,14,17,19,22,27,36,38,40,42-43H,4-5,9-13,33H2,1-3H3,(H,35,37);4-6,13-14,18,22,27,35,39,41,43-44H,7-12H2,1-3H3,(H,34,36)(H,37,38);3-5,10,13,15,17,22,29,31,33,35-36H,6-9,28H2,1-2H3/b34-20-;33-19+;. The smallest absolute Gasteiger partial charge is 0.303 e. The highest BCUT2D eigenvalue weighted by molar-refractivity contribution is 6.34. The number of rotatable bonds is 23. The largest absolute Gasteiger partial charge is 0.507 e. The molecule has 18 atom stereocenters. The van der Waals surface area contributed by atoms with E-state index in [2.05, 4.69) is 21.1 Å². The average molecular weight is 1840 g/mol. The monoisotopic (exact) mass is 1840 g/mol. The first kappa shape index (κ1) is 97.8. The van der Waals surface area contributed by atoms with E-state index in [1.807, 2.05) is 6.92 Å². The highest BCUT2D eigenvalue weighted by atomic mass is 16.7. The molecule has 22 N–H and O–H groups in total. The third-order valence-corrected chi connectivity index (χ3v) is 25.7. The van der Waals surface area contributed by atoms with Gasteiger partial charge in [0.1, 0.15) is 75.2 Å². The summed E-state index contributed by atoms with van der Waals surface area (Å²) in [6, 6.07) is 11.6. The van der Waals surface area contributed by atoms with E-state index >= 15 is 0 Å². The van der Waals surface area contributed by atoms with Crippen LogP contribution in [0.4, 0.5) is 0 Å². The Kier molecular flexibility index (Phi) is 28.8. The molecule has 708 valence electrons. The zero-order chi connectivity index (χ0) is 96.3. The maximum absolute atomic E-state index is 13.9. The highest BCUT2D eigenvalue weighted by Crippen LogP contribution is 2.58. The fraction of sp³-hybridized carbons (Fsp3) is 0.473. The lowest BCUT2D eigenvalue weighted by atomic mass is 9.71. The van der Waals surface area contributed by atoms with Crippen molar-refractivity contribution in [2.75, 3.05) is 41.2 Å². The Bertz CT molecular complexity index is 5700. The number of carbonyl (C=O) groups excluding carboxylic acids is 9. The molecule has 6 aromatic carbocycles. The van der Waals surface area contributed by atoms with E-state index in [0.717, 1.165) is 6.42 Å². The maximum atomic E-state index is 13.9. The van der Waals surface area contributed by atoms with Gasteiger partial charge in [-0.1, -0.05) is 56.7 Å². The van der Waals surface area contributed by atoms with Gasteiger partial charge in [0.15, 0.2) is 42.0 Å². The first-order valence-corrected chi connectivity index (χ1v) is 42.6. The molecule has 41 nitrogen and oxygen atoms in total. The number of hydrazone groups is 2. The van der Waals surface area contributed by atoms with Crippen LogP contribution in [-0.4, -0.2) is 277 Å². The summed E-state index contributed by atoms with van der Waals surface area (Å²) in [4.78, 5) is 130. The van der Waals surface area contributed by atoms with E-state index in [1.165, 1.54) is 75.9 Å². The minimum Gasteiger partial charge on any atom is -0.507 e. The molecule has 132 heavy (non-hydrogen) atoms. The van der Waals surface area contributed by atoms with E-state index in [1.54, 1.807) is 27.7 Å². The van der Waals surface area contributed by atoms with Crippen LogP contribution < -0.4 is 36.5 Å². The van der Waals surface area contributed by atoms with Gasteiger partial charge in [-0.15, -0.1) is 0 Å². The molecular formula is C91H104N6O35. The number of nitrogens with two attached hydrogens (primary N) is 2. The number of aliphatic hydroxyl groups is 9. The number of Topliss-reactive ketones (excluding diaryl/α,β-unsaturated/α-hetero) is 1. The van der Waals surface area contributed by atoms with Gasteiger partial charge in [-0.05, 0) is 51.3 Å². The fourth-order valence-corrected chi connectivity index (χ4v) is 18.7. The molecule has 3 heterocycles. The number of nitrogens with one attached hydrogen (secondary N) is 2. The van der Waals surface area contributed by atoms with Crippen molar-refractivity contribution >= 4 is 69.7 Å². The number of hydrogen-bond acceptors (Lipinski definition) is 38. The quantitative estimate of drug-likeness (QED) is 0.0248. The van der Waals surface area contributed by atoms with Gasteiger partial charge < -0.3 is 136 Å². The minimum absolute atomic E-state index is 0.0173. The molecule has 6 aromatic rings. The summed E-state index contributed by atoms with van der Waals surface area (Å²) in [7, 11) is 3.97. The number of amides is 2. The number of phenolic OH excluding ortho intramolecular Hbond substituents is 6. The number of hydrogen-bond donors (Lipinski definition) is 20. The number of ether oxygens (including phenoxy) is 9. The molecule has 6 aliphatic carbocycles. The Morgan fingerprint density at radius 2 is 0.758 bits per heavy atom. The van der Waals surface area contributed by atoms with Gasteiger partial charge >= 0.3 is 5.97 Å². The van der Waals surface area contributed by atoms with Gasteiger partial charge in [0.2, 0.25) is 29.2 Å². The predicted molar refractivity (Wildman–Crippen MR) is 454 cm³/mol. The molecule has 3 aliphatic heterocycles. The predicted octanol–water partition coefficient (Wildman–Crippen LogP) is 2.17. The van der Waals surface area contributed by atoms with Crippen LogP contribution in [0.2, 0.25) is 0 Å². The summed E-state index contributed by atoms with van der Waals surface area (Å²) in [5.41, 5.74) is 5.30. The van der Waals surface area contributed by atoms with Crippen LogP contribution in [0.3, 0.4) is 0 Å². The number of unbranched alkanes of at least 4 members (excludes halogenated alkanes) is 1. The molecule has 0 spiro atoms. The number of aromatic hydroxyl groups is 6. The summed E-state index contributed by atoms with van der Waals surface area (Å²) in [6.07, 6.45) is -14.1. The van der Waals surface area contributed by atoms with Gasteiger partial charge in [0.25, 0.3) is 0 Å². The number of methoxy groups -OCH3 is 3. The van der Waals surface area contributed by atoms with Crippen molar-refractivity contribution in [1.82, 2.24) is 10.9 Å². The van der Waals surface area contributed by atoms with E-state index < -0.39 is 299 Å². The maximum Gasteiger partial charge on any atom is 0.303 e. The molecule has 3 fully saturated rings. The van der Waals surface area contributed by atoms with Gasteiger partial charge in [-0.3, -0.25) is 47.9 Å². The number of ketones is 7. The number of phenols is 6. The number of aliphatic carboxylic acids is 1. The number of benzene rings is 6. The zero-order valence-electron chi connectivity index (χ0n) is 72.8. The Balaban J connectivity index is 0.000000169. The lowest BCUT2D eigenvalue weighted by Gasteiger charge is -2.43. The van der Waals surface area contributed by atoms with Gasteiger partial charge in [0.05, 0.1) is 157 Å². The van der Waals surface area contributed by atoms with Crippen molar-refractivity contribution in [3.8, 4) is 51.7 Å². The molecule has 0 saturated carbocycles. The molecule has 0 radical (unpaired) electrons. The average Bonchev–Trinajstić information content (AvgIpc) is 0.717. The third-order valence-electron chi connectivity index (χ3n) is 25.7. The van der Waals surface area contributed by atoms with E-state index in [9.17, 15) is 125 Å². The Hall–Kier alpha value is -11.7. The Labute approximate surface area is 752 Å². The van der Waals surface area contributed by atoms with Crippen LogP contribution in [0, 0.1) is 5.92 Å². The van der Waals surface area contributed by atoms with E-state index in [4.69, 9.17) is 59.2 Å². The summed E-state index contributed by atoms with van der Waals surface area (Å²) in [6.45, 7) is 5.78. The van der Waals surface area contributed by atoms with Crippen LogP contribution in [0.5, 0.6) is 51.7 Å². The summed E-state index contributed by atoms with van der Waals surface area (Å²) >= 11 is 0. The normalized spacial score (nSPS) is 28.0. The summed E-state index contributed by atoms with van der Waals surface area (Å²) in [5, 5.41) is 182. The number of carboxylic acid groups (broad SMARTS) is 1. The van der Waals surface area contributed by atoms with Crippen molar-refractivity contribution in [2.24, 2.45) is 27.6 Å². The molecule has 0 aromatic heterocycles. The van der Waals surface area contributed by atoms with Gasteiger partial charge in [0, 0.05) is 133 Å². The van der Waals surface area contributed by atoms with Crippen molar-refractivity contribution in [3.63, 3.8) is 0 Å². The lowest BCUT2D eigenvalue weighted by Crippen LogP contribution is -2.53. The lowest BCUT2D eigenvalue weighted by molar-refractivity contribution is -0.254. The van der Waals surface area contributed by atoms with Crippen molar-refractivity contribution in [1.29, 1.82) is 0 Å². The first-order valence-electron chi connectivity index (χ1n) is 42.6. The Morgan fingerprint density at radius 3 is 1.07 bits per heavy atom. The molecule has 41 heteroatoms. The van der Waals surface area contributed by atoms with E-state index in [-0.39, 0.29) is 128 Å². The van der Waals surface area contributed by atoms with Gasteiger partial charge in [-0.2, -0.15) is 10.2 Å². The summed E-state index contributed by atoms with van der Waals surface area (Å²) in [5.74, 6) is -12.1. The molecule has 3 saturated heterocycles. The van der Waals surface area contributed by atoms with Crippen LogP contribution >= 0.6 is 0 Å². The molecule has 15 rings (SSSR count). The number of carbonyl (C=O) groups is 10. The van der Waals surface area contributed by atoms with Gasteiger partial charge in [-0.25, -0.2) is 10.9 Å². The van der Waals surface area contributed by atoms with E-state index in [0.29, 0.717) is 6.42 Å². The van der Waals surface area contributed by atoms with Crippen LogP contribution in [0.15, 0.2) is 64.8 Å². The number of carboxylic acids is 1. The topological polar surface area (TPSA) is 678 Å². The van der Waals surface area contributed by atoms with Crippen molar-refractivity contribution in [3.05, 3.63) is 155 Å². The first-order chi connectivity index (χ1) is 62.5. The number of aliphatic hydroxyl groups excluding tert-OH is 6. The van der Waals surface area contributed by atoms with Crippen LogP contribution in [0.1, 0.15) is 252 Å². The molecule has 2 amide bonds. The second kappa shape index (κ2) is 38.8. The minimum atomic E-state index is -2.24. The third kappa shape index (κ3) is 17.9. The van der Waals surface area contributed by atoms with Crippen LogP contribution in [-0.2, 0) is 66.9 Å². The molecule has 18 unspecified atom stereocenters. The second-order valence-electron chi connectivity index (χ2n) is 34.1. The SMILES string of the molecule is CCCCC(=O)N/N=C(/CO)C1(O)Cc2c(O)c3c(c(O)c2C(OC2CC(N)C(O)C(C)O2)C1)C(=O)c1c(OC)cccc1C3=O.COc1cccc2c1C(=O)c1c(O)c3c(c(O)c1C2=O)CC(O)(/C(CO)=N/NC(=O)CCC(=O)O)CC3OC1CC(C)C(O)C(C)O1.COc1cccc2c1C(=O)c1c(O)c3c(c(O)c1C2=O)CC(O)(C(=O)CO)CC3OC1CC(N)C(O)C(C)O1. The number of fused-ring (bicyclic) bond motifs is 9. The van der Waals surface area contributed by atoms with Crippen molar-refractivity contribution < 1.29 is 172 Å². The summed E-state index contributed by atoms with van der Waals surface area (Å²) < 4.78 is 51.7. The highest BCUT2D eigenvalue weighted by Gasteiger charge is 2.55. The molecular weight excluding hydrogens is 1740 g/mol.